The van der Waals surface area contributed by atoms with Crippen molar-refractivity contribution in [2.24, 2.45) is 5.92 Å². The summed E-state index contributed by atoms with van der Waals surface area (Å²) >= 11 is 0. The molecule has 0 saturated carbocycles. The molecule has 0 aliphatic heterocycles. The van der Waals surface area contributed by atoms with Gasteiger partial charge in [-0.15, -0.1) is 0 Å². The molecule has 0 unspecified atom stereocenters. The van der Waals surface area contributed by atoms with Gasteiger partial charge in [-0.25, -0.2) is 0 Å². The number of anilines is 2. The monoisotopic (exact) mass is 370 g/mol. The second-order valence-corrected chi connectivity index (χ2v) is 6.41. The van der Waals surface area contributed by atoms with Gasteiger partial charge in [-0.05, 0) is 54.7 Å². The summed E-state index contributed by atoms with van der Waals surface area (Å²) in [7, 11) is 1.47. The van der Waals surface area contributed by atoms with Crippen molar-refractivity contribution in [3.05, 3.63) is 60.2 Å². The standard InChI is InChI=1S/C21H26N2O4/c1-14(21(26)15-11-12-19(27-2)18(24)13-15)7-3-6-10-20(25)23-17-9-5-4-8-16(17)22/h4-6,8-14,21,24,26H,3,7,22H2,1-2H3,(H,23,25)/b10-6+/t14-,21+/m1/s1. The van der Waals surface area contributed by atoms with Crippen molar-refractivity contribution in [3.8, 4) is 11.5 Å². The van der Waals surface area contributed by atoms with Gasteiger partial charge in [0.1, 0.15) is 0 Å². The third-order valence-electron chi connectivity index (χ3n) is 4.36. The highest BCUT2D eigenvalue weighted by Gasteiger charge is 2.17. The lowest BCUT2D eigenvalue weighted by Gasteiger charge is -2.19. The predicted octanol–water partition coefficient (Wildman–Crippen LogP) is 3.63. The molecule has 0 bridgehead atoms. The van der Waals surface area contributed by atoms with Crippen molar-refractivity contribution in [2.75, 3.05) is 18.2 Å². The number of nitrogen functional groups attached to an aromatic ring is 1. The number of aliphatic hydroxyl groups is 1. The Morgan fingerprint density at radius 2 is 2.04 bits per heavy atom. The fourth-order valence-electron chi connectivity index (χ4n) is 2.71. The van der Waals surface area contributed by atoms with E-state index in [0.29, 0.717) is 35.5 Å². The number of aliphatic hydroxyl groups excluding tert-OH is 1. The molecule has 2 rings (SSSR count). The van der Waals surface area contributed by atoms with E-state index in [-0.39, 0.29) is 17.6 Å². The number of rotatable bonds is 8. The first-order chi connectivity index (χ1) is 12.9. The molecule has 6 nitrogen and oxygen atoms in total. The van der Waals surface area contributed by atoms with Crippen molar-refractivity contribution < 1.29 is 19.7 Å². The minimum atomic E-state index is -0.715. The van der Waals surface area contributed by atoms with Crippen molar-refractivity contribution in [2.45, 2.75) is 25.9 Å². The highest BCUT2D eigenvalue weighted by atomic mass is 16.5. The number of allylic oxidation sites excluding steroid dienone is 1. The van der Waals surface area contributed by atoms with Crippen molar-refractivity contribution in [3.63, 3.8) is 0 Å². The number of methoxy groups -OCH3 is 1. The number of para-hydroxylation sites is 2. The first-order valence-electron chi connectivity index (χ1n) is 8.79. The summed E-state index contributed by atoms with van der Waals surface area (Å²) < 4.78 is 5.01. The van der Waals surface area contributed by atoms with Crippen LogP contribution < -0.4 is 15.8 Å². The predicted molar refractivity (Wildman–Crippen MR) is 107 cm³/mol. The van der Waals surface area contributed by atoms with Gasteiger partial charge in [0.2, 0.25) is 5.91 Å². The molecule has 1 amide bonds. The quantitative estimate of drug-likeness (QED) is 0.419. The van der Waals surface area contributed by atoms with E-state index in [0.717, 1.165) is 0 Å². The number of phenols is 1. The molecule has 0 aliphatic carbocycles. The molecule has 0 saturated heterocycles. The topological polar surface area (TPSA) is 105 Å². The zero-order valence-corrected chi connectivity index (χ0v) is 15.6. The van der Waals surface area contributed by atoms with Gasteiger partial charge in [-0.3, -0.25) is 4.79 Å². The third-order valence-corrected chi connectivity index (χ3v) is 4.36. The molecular formula is C21H26N2O4. The lowest BCUT2D eigenvalue weighted by atomic mass is 9.93. The van der Waals surface area contributed by atoms with Crippen LogP contribution in [0.4, 0.5) is 11.4 Å². The summed E-state index contributed by atoms with van der Waals surface area (Å²) in [4.78, 5) is 11.9. The van der Waals surface area contributed by atoms with Gasteiger partial charge in [0.15, 0.2) is 11.5 Å². The maximum Gasteiger partial charge on any atom is 0.248 e. The number of ether oxygens (including phenoxy) is 1. The average molecular weight is 370 g/mol. The number of hydrogen-bond acceptors (Lipinski definition) is 5. The molecule has 0 heterocycles. The van der Waals surface area contributed by atoms with E-state index in [4.69, 9.17) is 10.5 Å². The molecule has 2 aromatic rings. The van der Waals surface area contributed by atoms with E-state index >= 15 is 0 Å². The molecule has 2 aromatic carbocycles. The molecule has 0 spiro atoms. The third kappa shape index (κ3) is 5.76. The fraction of sp³-hybridized carbons (Fsp3) is 0.286. The Bertz CT molecular complexity index is 805. The average Bonchev–Trinajstić information content (AvgIpc) is 2.66. The normalized spacial score (nSPS) is 13.3. The van der Waals surface area contributed by atoms with E-state index in [9.17, 15) is 15.0 Å². The van der Waals surface area contributed by atoms with Crippen LogP contribution in [0.5, 0.6) is 11.5 Å². The van der Waals surface area contributed by atoms with Crippen LogP contribution in [-0.4, -0.2) is 23.2 Å². The van der Waals surface area contributed by atoms with Crippen LogP contribution in [0, 0.1) is 5.92 Å². The number of hydrogen-bond donors (Lipinski definition) is 4. The number of amides is 1. The first kappa shape index (κ1) is 20.3. The highest BCUT2D eigenvalue weighted by molar-refractivity contribution is 6.01. The molecule has 0 radical (unpaired) electrons. The molecule has 6 heteroatoms. The summed E-state index contributed by atoms with van der Waals surface area (Å²) in [6, 6.07) is 11.9. The lowest BCUT2D eigenvalue weighted by molar-refractivity contribution is -0.111. The van der Waals surface area contributed by atoms with Gasteiger partial charge >= 0.3 is 0 Å². The van der Waals surface area contributed by atoms with Gasteiger partial charge in [0.25, 0.3) is 0 Å². The Hall–Kier alpha value is -2.99. The summed E-state index contributed by atoms with van der Waals surface area (Å²) in [5, 5.41) is 23.0. The van der Waals surface area contributed by atoms with Gasteiger partial charge in [0.05, 0.1) is 24.6 Å². The number of phenolic OH excluding ortho intramolecular Hbond substituents is 1. The number of aromatic hydroxyl groups is 1. The number of nitrogens with one attached hydrogen (secondary N) is 1. The Balaban J connectivity index is 1.83. The maximum absolute atomic E-state index is 11.9. The summed E-state index contributed by atoms with van der Waals surface area (Å²) in [6.45, 7) is 1.92. The van der Waals surface area contributed by atoms with Crippen LogP contribution in [0.15, 0.2) is 54.6 Å². The van der Waals surface area contributed by atoms with Gasteiger partial charge in [-0.1, -0.05) is 31.2 Å². The van der Waals surface area contributed by atoms with Crippen molar-refractivity contribution in [1.29, 1.82) is 0 Å². The van der Waals surface area contributed by atoms with E-state index in [1.54, 1.807) is 42.5 Å². The Morgan fingerprint density at radius 1 is 1.30 bits per heavy atom. The van der Waals surface area contributed by atoms with Crippen LogP contribution in [-0.2, 0) is 4.79 Å². The molecular weight excluding hydrogens is 344 g/mol. The zero-order chi connectivity index (χ0) is 19.8. The van der Waals surface area contributed by atoms with Gasteiger partial charge in [-0.2, -0.15) is 0 Å². The number of carbonyl (C=O) groups excluding carboxylic acids is 1. The molecule has 2 atom stereocenters. The minimum absolute atomic E-state index is 0.00185. The van der Waals surface area contributed by atoms with Crippen molar-refractivity contribution >= 4 is 17.3 Å². The number of carbonyl (C=O) groups is 1. The highest BCUT2D eigenvalue weighted by Crippen LogP contribution is 2.32. The van der Waals surface area contributed by atoms with E-state index in [1.807, 2.05) is 6.92 Å². The smallest absolute Gasteiger partial charge is 0.248 e. The van der Waals surface area contributed by atoms with Crippen LogP contribution in [0.2, 0.25) is 0 Å². The minimum Gasteiger partial charge on any atom is -0.504 e. The molecule has 0 aromatic heterocycles. The van der Waals surface area contributed by atoms with E-state index in [2.05, 4.69) is 5.32 Å². The Morgan fingerprint density at radius 3 is 2.70 bits per heavy atom. The summed E-state index contributed by atoms with van der Waals surface area (Å²) in [5.74, 6) is 0.0704. The second-order valence-electron chi connectivity index (χ2n) is 6.41. The van der Waals surface area contributed by atoms with Gasteiger partial charge in [0, 0.05) is 0 Å². The van der Waals surface area contributed by atoms with Gasteiger partial charge < -0.3 is 26.0 Å². The SMILES string of the molecule is COc1ccc([C@@H](O)[C@H](C)CC/C=C/C(=O)Nc2ccccc2N)cc1O. The van der Waals surface area contributed by atoms with E-state index in [1.165, 1.54) is 19.3 Å². The van der Waals surface area contributed by atoms with Crippen molar-refractivity contribution in [1.82, 2.24) is 0 Å². The maximum atomic E-state index is 11.9. The fourth-order valence-corrected chi connectivity index (χ4v) is 2.71. The molecule has 0 aliphatic rings. The number of benzene rings is 2. The summed E-state index contributed by atoms with van der Waals surface area (Å²) in [6.07, 6.45) is 3.84. The zero-order valence-electron chi connectivity index (χ0n) is 15.6. The lowest BCUT2D eigenvalue weighted by Crippen LogP contribution is -2.10. The molecule has 27 heavy (non-hydrogen) atoms. The molecule has 144 valence electrons. The first-order valence-corrected chi connectivity index (χ1v) is 8.79. The van der Waals surface area contributed by atoms with E-state index < -0.39 is 6.10 Å². The summed E-state index contributed by atoms with van der Waals surface area (Å²) in [5.41, 5.74) is 7.51. The number of nitrogens with two attached hydrogens (primary N) is 1. The largest absolute Gasteiger partial charge is 0.504 e. The van der Waals surface area contributed by atoms with Crippen LogP contribution in [0.3, 0.4) is 0 Å². The van der Waals surface area contributed by atoms with Crippen LogP contribution in [0.25, 0.3) is 0 Å². The molecule has 0 fully saturated rings. The molecule has 5 N–H and O–H groups in total. The van der Waals surface area contributed by atoms with Crippen LogP contribution in [0.1, 0.15) is 31.4 Å². The Kier molecular flexibility index (Phi) is 7.25. The van der Waals surface area contributed by atoms with Crippen LogP contribution >= 0.6 is 0 Å². The Labute approximate surface area is 159 Å². The second kappa shape index (κ2) is 9.64.